The van der Waals surface area contributed by atoms with Crippen molar-refractivity contribution in [3.8, 4) is 0 Å². The van der Waals surface area contributed by atoms with Crippen LogP contribution >= 0.6 is 0 Å². The quantitative estimate of drug-likeness (QED) is 0.114. The topological polar surface area (TPSA) is 172 Å². The molecule has 3 rings (SSSR count). The summed E-state index contributed by atoms with van der Waals surface area (Å²) in [5, 5.41) is 23.8. The number of esters is 5. The number of hydrogen-bond acceptors (Lipinski definition) is 12. The van der Waals surface area contributed by atoms with Crippen LogP contribution in [-0.2, 0) is 47.7 Å². The Morgan fingerprint density at radius 1 is 0.977 bits per heavy atom. The molecule has 12 heteroatoms. The first-order valence-electron chi connectivity index (χ1n) is 15.3. The number of fused-ring (bicyclic) bond motifs is 3. The molecular weight excluding hydrogens is 576 g/mol. The van der Waals surface area contributed by atoms with Crippen LogP contribution in [0.5, 0.6) is 0 Å². The van der Waals surface area contributed by atoms with Gasteiger partial charge in [-0.2, -0.15) is 0 Å². The van der Waals surface area contributed by atoms with Crippen LogP contribution in [0.25, 0.3) is 0 Å². The summed E-state index contributed by atoms with van der Waals surface area (Å²) in [7, 11) is 0. The molecule has 0 spiro atoms. The second-order valence-electron chi connectivity index (χ2n) is 12.3. The number of carbonyl (C=O) groups is 5. The molecule has 2 fully saturated rings. The molecule has 2 N–H and O–H groups in total. The van der Waals surface area contributed by atoms with Gasteiger partial charge in [-0.05, 0) is 58.6 Å². The first-order chi connectivity index (χ1) is 20.5. The largest absolute Gasteiger partial charge is 0.459 e. The van der Waals surface area contributed by atoms with E-state index in [1.165, 1.54) is 13.8 Å². The van der Waals surface area contributed by atoms with Crippen molar-refractivity contribution in [1.82, 2.24) is 0 Å². The lowest BCUT2D eigenvalue weighted by molar-refractivity contribution is -0.212. The van der Waals surface area contributed by atoms with E-state index >= 15 is 0 Å². The molecule has 8 atom stereocenters. The summed E-state index contributed by atoms with van der Waals surface area (Å²) in [6.45, 7) is 12.3. The van der Waals surface area contributed by atoms with Crippen LogP contribution < -0.4 is 0 Å². The third-order valence-corrected chi connectivity index (χ3v) is 9.01. The Morgan fingerprint density at radius 2 is 1.61 bits per heavy atom. The van der Waals surface area contributed by atoms with Crippen LogP contribution in [0.4, 0.5) is 0 Å². The van der Waals surface area contributed by atoms with E-state index in [0.29, 0.717) is 12.8 Å². The van der Waals surface area contributed by atoms with Gasteiger partial charge < -0.3 is 33.9 Å². The zero-order valence-corrected chi connectivity index (χ0v) is 26.9. The van der Waals surface area contributed by atoms with E-state index in [4.69, 9.17) is 23.7 Å². The molecular formula is C32H46O12. The number of unbranched alkanes of at least 4 members (excludes halogenated alkanes) is 2. The number of rotatable bonds is 11. The predicted molar refractivity (Wildman–Crippen MR) is 155 cm³/mol. The van der Waals surface area contributed by atoms with Gasteiger partial charge in [-0.3, -0.25) is 14.4 Å². The average Bonchev–Trinajstić information content (AvgIpc) is 3.26. The summed E-state index contributed by atoms with van der Waals surface area (Å²) in [5.41, 5.74) is -6.12. The van der Waals surface area contributed by atoms with Crippen LogP contribution in [-0.4, -0.2) is 81.3 Å². The molecule has 0 aromatic carbocycles. The minimum Gasteiger partial charge on any atom is -0.459 e. The van der Waals surface area contributed by atoms with Crippen LogP contribution in [0.3, 0.4) is 0 Å². The molecule has 246 valence electrons. The maximum atomic E-state index is 13.2. The van der Waals surface area contributed by atoms with Crippen molar-refractivity contribution in [1.29, 1.82) is 0 Å². The second-order valence-corrected chi connectivity index (χ2v) is 12.3. The van der Waals surface area contributed by atoms with Gasteiger partial charge >= 0.3 is 29.8 Å². The minimum absolute atomic E-state index is 0.0239. The highest BCUT2D eigenvalue weighted by atomic mass is 16.6. The first-order valence-corrected chi connectivity index (χ1v) is 15.3. The van der Waals surface area contributed by atoms with Gasteiger partial charge in [0, 0.05) is 31.8 Å². The van der Waals surface area contributed by atoms with Crippen molar-refractivity contribution < 1.29 is 57.9 Å². The van der Waals surface area contributed by atoms with E-state index in [-0.39, 0.29) is 29.6 Å². The molecule has 1 heterocycles. The van der Waals surface area contributed by atoms with E-state index in [1.807, 2.05) is 6.92 Å². The predicted octanol–water partition coefficient (Wildman–Crippen LogP) is 3.15. The summed E-state index contributed by atoms with van der Waals surface area (Å²) < 4.78 is 29.1. The van der Waals surface area contributed by atoms with Gasteiger partial charge in [0.2, 0.25) is 0 Å². The molecule has 3 unspecified atom stereocenters. The van der Waals surface area contributed by atoms with Crippen LogP contribution in [0.2, 0.25) is 0 Å². The Hall–Kier alpha value is -3.25. The smallest absolute Gasteiger partial charge is 0.341 e. The molecule has 1 saturated heterocycles. The van der Waals surface area contributed by atoms with Crippen molar-refractivity contribution in [3.63, 3.8) is 0 Å². The Morgan fingerprint density at radius 3 is 2.18 bits per heavy atom. The number of aliphatic hydroxyl groups is 2. The lowest BCUT2D eigenvalue weighted by Crippen LogP contribution is -2.64. The normalized spacial score (nSPS) is 34.8. The summed E-state index contributed by atoms with van der Waals surface area (Å²) in [5.74, 6) is -5.05. The third kappa shape index (κ3) is 6.28. The Bertz CT molecular complexity index is 1230. The maximum Gasteiger partial charge on any atom is 0.341 e. The molecule has 1 aliphatic heterocycles. The van der Waals surface area contributed by atoms with Gasteiger partial charge in [-0.25, -0.2) is 9.59 Å². The molecule has 12 nitrogen and oxygen atoms in total. The van der Waals surface area contributed by atoms with Crippen molar-refractivity contribution >= 4 is 29.8 Å². The molecule has 0 bridgehead atoms. The minimum atomic E-state index is -2.57. The zero-order valence-electron chi connectivity index (χ0n) is 26.9. The maximum absolute atomic E-state index is 13.2. The summed E-state index contributed by atoms with van der Waals surface area (Å²) >= 11 is 0. The fourth-order valence-corrected chi connectivity index (χ4v) is 6.55. The Balaban J connectivity index is 2.29. The fraction of sp³-hybridized carbons (Fsp3) is 0.719. The SMILES string of the molecule is C/C=C(\C)C(=O)OC1C(C)=C2C3OC(=O)[C@](C)(O)[C@]3(O)[C@@H](OC(=O)CCC)C[C@](C)(OC(C)=O)C2[C@H]1OC(=O)CCCCC. The van der Waals surface area contributed by atoms with E-state index in [0.717, 1.165) is 19.8 Å². The van der Waals surface area contributed by atoms with Gasteiger partial charge in [0.25, 0.3) is 0 Å². The van der Waals surface area contributed by atoms with E-state index in [9.17, 15) is 34.2 Å². The summed E-state index contributed by atoms with van der Waals surface area (Å²) in [6, 6.07) is 0. The van der Waals surface area contributed by atoms with E-state index < -0.39 is 83.4 Å². The Labute approximate surface area is 258 Å². The monoisotopic (exact) mass is 622 g/mol. The number of allylic oxidation sites excluding steroid dienone is 1. The van der Waals surface area contributed by atoms with Gasteiger partial charge in [0.15, 0.2) is 29.5 Å². The first kappa shape index (κ1) is 35.2. The van der Waals surface area contributed by atoms with Crippen molar-refractivity contribution in [2.24, 2.45) is 5.92 Å². The molecule has 0 aromatic heterocycles. The van der Waals surface area contributed by atoms with Crippen molar-refractivity contribution in [2.75, 3.05) is 0 Å². The number of carbonyl (C=O) groups excluding carboxylic acids is 5. The third-order valence-electron chi connectivity index (χ3n) is 9.01. The molecule has 3 aliphatic rings. The standard InChI is InChI=1S/C32H46O12/c1-9-12-13-15-22(35)41-26-24-23(18(5)25(26)42-28(36)17(4)11-3)27-32(39,31(8,38)29(37)43-27)20(40-21(34)14-10-2)16-30(24,7)44-19(6)33/h11,20,24-27,38-39H,9-10,12-16H2,1-8H3/b17-11+/t20-,24?,25?,26+,27?,30-,31-,32-/m0/s1. The zero-order chi connectivity index (χ0) is 33.2. The van der Waals surface area contributed by atoms with E-state index in [2.05, 4.69) is 0 Å². The summed E-state index contributed by atoms with van der Waals surface area (Å²) in [4.78, 5) is 64.7. The molecule has 0 radical (unpaired) electrons. The van der Waals surface area contributed by atoms with Crippen LogP contribution in [0.15, 0.2) is 22.8 Å². The molecule has 44 heavy (non-hydrogen) atoms. The number of hydrogen-bond donors (Lipinski definition) is 2. The lowest BCUT2D eigenvalue weighted by Gasteiger charge is -2.41. The fourth-order valence-electron chi connectivity index (χ4n) is 6.55. The second kappa shape index (κ2) is 13.4. The molecule has 1 saturated carbocycles. The van der Waals surface area contributed by atoms with Crippen LogP contribution in [0.1, 0.15) is 100 Å². The highest BCUT2D eigenvalue weighted by Gasteiger charge is 2.76. The average molecular weight is 623 g/mol. The van der Waals surface area contributed by atoms with Gasteiger partial charge in [0.05, 0.1) is 5.92 Å². The van der Waals surface area contributed by atoms with E-state index in [1.54, 1.807) is 33.8 Å². The number of ether oxygens (including phenoxy) is 5. The highest BCUT2D eigenvalue weighted by Crippen LogP contribution is 2.57. The van der Waals surface area contributed by atoms with Crippen molar-refractivity contribution in [2.45, 2.75) is 142 Å². The van der Waals surface area contributed by atoms with Crippen LogP contribution in [0, 0.1) is 5.92 Å². The molecule has 0 aromatic rings. The molecule has 0 amide bonds. The summed E-state index contributed by atoms with van der Waals surface area (Å²) in [6.07, 6.45) is -1.96. The van der Waals surface area contributed by atoms with Gasteiger partial charge in [-0.15, -0.1) is 0 Å². The lowest BCUT2D eigenvalue weighted by atomic mass is 9.75. The Kier molecular flexibility index (Phi) is 10.7. The molecule has 2 aliphatic carbocycles. The van der Waals surface area contributed by atoms with Gasteiger partial charge in [0.1, 0.15) is 11.7 Å². The highest BCUT2D eigenvalue weighted by molar-refractivity contribution is 5.88. The van der Waals surface area contributed by atoms with Crippen molar-refractivity contribution in [3.05, 3.63) is 22.8 Å². The van der Waals surface area contributed by atoms with Gasteiger partial charge in [-0.1, -0.05) is 32.8 Å².